The molecule has 0 aliphatic heterocycles. The number of hydrogen-bond donors (Lipinski definition) is 3. The van der Waals surface area contributed by atoms with E-state index in [0.717, 1.165) is 39.0 Å². The van der Waals surface area contributed by atoms with E-state index < -0.39 is 23.4 Å². The standard InChI is InChI=1S/C27H28FN5O2/c1-14-15(2)32-23-9-7-17(19-12-30-26(31-13-19)27(4,5)35)10-21(23)24(14)33-16(3)20-11-18(25(29)34)6-8-22(20)28/h6-13,16,35H,1-5H3,(H2,29,34)(H,32,33)/t16-/m1/s1. The maximum atomic E-state index is 14.6. The fraction of sp³-hybridized carbons (Fsp3) is 0.259. The molecule has 0 unspecified atom stereocenters. The lowest BCUT2D eigenvalue weighted by Crippen LogP contribution is -2.19. The first-order valence-corrected chi connectivity index (χ1v) is 11.3. The van der Waals surface area contributed by atoms with Crippen LogP contribution < -0.4 is 11.1 Å². The molecular formula is C27H28FN5O2. The molecule has 0 aliphatic carbocycles. The van der Waals surface area contributed by atoms with E-state index in [2.05, 4.69) is 15.3 Å². The monoisotopic (exact) mass is 473 g/mol. The average Bonchev–Trinajstić information content (AvgIpc) is 2.81. The topological polar surface area (TPSA) is 114 Å². The number of nitrogens with zero attached hydrogens (tertiary/aromatic N) is 3. The fourth-order valence-electron chi connectivity index (χ4n) is 3.96. The van der Waals surface area contributed by atoms with Crippen LogP contribution >= 0.6 is 0 Å². The van der Waals surface area contributed by atoms with Crippen molar-refractivity contribution < 1.29 is 14.3 Å². The number of aryl methyl sites for hydroxylation is 1. The van der Waals surface area contributed by atoms with Crippen molar-refractivity contribution in [1.82, 2.24) is 15.0 Å². The molecule has 0 bridgehead atoms. The number of pyridine rings is 1. The smallest absolute Gasteiger partial charge is 0.248 e. The quantitative estimate of drug-likeness (QED) is 0.365. The van der Waals surface area contributed by atoms with Crippen LogP contribution in [0.25, 0.3) is 22.0 Å². The van der Waals surface area contributed by atoms with Crippen molar-refractivity contribution in [3.63, 3.8) is 0 Å². The van der Waals surface area contributed by atoms with Crippen LogP contribution in [0.3, 0.4) is 0 Å². The first-order valence-electron chi connectivity index (χ1n) is 11.3. The molecule has 7 nitrogen and oxygen atoms in total. The lowest BCUT2D eigenvalue weighted by molar-refractivity contribution is 0.0687. The summed E-state index contributed by atoms with van der Waals surface area (Å²) < 4.78 is 14.6. The van der Waals surface area contributed by atoms with Gasteiger partial charge < -0.3 is 16.2 Å². The Balaban J connectivity index is 1.78. The third kappa shape index (κ3) is 4.83. The van der Waals surface area contributed by atoms with Crippen LogP contribution in [0.5, 0.6) is 0 Å². The predicted octanol–water partition coefficient (Wildman–Crippen LogP) is 4.95. The Labute approximate surface area is 203 Å². The number of anilines is 1. The number of amides is 1. The van der Waals surface area contributed by atoms with Crippen LogP contribution in [0.4, 0.5) is 10.1 Å². The highest BCUT2D eigenvalue weighted by atomic mass is 19.1. The summed E-state index contributed by atoms with van der Waals surface area (Å²) in [6.07, 6.45) is 3.35. The molecule has 4 aromatic rings. The molecule has 2 heterocycles. The highest BCUT2D eigenvalue weighted by molar-refractivity contribution is 5.96. The second kappa shape index (κ2) is 9.03. The molecule has 0 fully saturated rings. The van der Waals surface area contributed by atoms with E-state index in [1.54, 1.807) is 26.2 Å². The average molecular weight is 474 g/mol. The lowest BCUT2D eigenvalue weighted by atomic mass is 9.99. The van der Waals surface area contributed by atoms with Crippen LogP contribution in [-0.4, -0.2) is 26.0 Å². The fourth-order valence-corrected chi connectivity index (χ4v) is 3.96. The summed E-state index contributed by atoms with van der Waals surface area (Å²) in [6.45, 7) is 8.99. The maximum Gasteiger partial charge on any atom is 0.248 e. The molecular weight excluding hydrogens is 445 g/mol. The SMILES string of the molecule is Cc1nc2ccc(-c3cnc(C(C)(C)O)nc3)cc2c(N[C@H](C)c2cc(C(N)=O)ccc2F)c1C. The van der Waals surface area contributed by atoms with E-state index in [9.17, 15) is 14.3 Å². The van der Waals surface area contributed by atoms with Crippen LogP contribution in [0.1, 0.15) is 59.8 Å². The Morgan fingerprint density at radius 1 is 1.09 bits per heavy atom. The molecule has 0 aliphatic rings. The summed E-state index contributed by atoms with van der Waals surface area (Å²) in [5.74, 6) is -0.693. The van der Waals surface area contributed by atoms with Gasteiger partial charge in [0, 0.05) is 45.9 Å². The van der Waals surface area contributed by atoms with Gasteiger partial charge in [0.05, 0.1) is 11.6 Å². The zero-order valence-corrected chi connectivity index (χ0v) is 20.3. The second-order valence-corrected chi connectivity index (χ2v) is 9.25. The minimum atomic E-state index is -1.13. The number of halogens is 1. The third-order valence-corrected chi connectivity index (χ3v) is 6.11. The number of rotatable bonds is 6. The van der Waals surface area contributed by atoms with Gasteiger partial charge in [0.2, 0.25) is 5.91 Å². The predicted molar refractivity (Wildman–Crippen MR) is 134 cm³/mol. The normalized spacial score (nSPS) is 12.5. The van der Waals surface area contributed by atoms with Crippen molar-refractivity contribution in [2.24, 2.45) is 5.73 Å². The van der Waals surface area contributed by atoms with Gasteiger partial charge in [-0.1, -0.05) is 6.07 Å². The van der Waals surface area contributed by atoms with Gasteiger partial charge in [-0.2, -0.15) is 0 Å². The second-order valence-electron chi connectivity index (χ2n) is 9.25. The third-order valence-electron chi connectivity index (χ3n) is 6.11. The minimum Gasteiger partial charge on any atom is -0.382 e. The van der Waals surface area contributed by atoms with Crippen molar-refractivity contribution in [3.8, 4) is 11.1 Å². The van der Waals surface area contributed by atoms with Gasteiger partial charge in [0.25, 0.3) is 0 Å². The molecule has 8 heteroatoms. The van der Waals surface area contributed by atoms with Gasteiger partial charge in [-0.25, -0.2) is 14.4 Å². The van der Waals surface area contributed by atoms with E-state index >= 15 is 0 Å². The molecule has 0 radical (unpaired) electrons. The van der Waals surface area contributed by atoms with Gasteiger partial charge in [0.1, 0.15) is 11.4 Å². The first kappa shape index (κ1) is 24.2. The maximum absolute atomic E-state index is 14.6. The summed E-state index contributed by atoms with van der Waals surface area (Å²) in [5.41, 5.74) is 9.91. The number of nitrogens with one attached hydrogen (secondary N) is 1. The summed E-state index contributed by atoms with van der Waals surface area (Å²) in [6, 6.07) is 9.52. The largest absolute Gasteiger partial charge is 0.382 e. The molecule has 2 aromatic carbocycles. The molecule has 0 spiro atoms. The van der Waals surface area contributed by atoms with E-state index in [1.165, 1.54) is 18.2 Å². The van der Waals surface area contributed by atoms with Crippen molar-refractivity contribution >= 4 is 22.5 Å². The van der Waals surface area contributed by atoms with E-state index in [0.29, 0.717) is 11.4 Å². The number of benzene rings is 2. The summed E-state index contributed by atoms with van der Waals surface area (Å²) >= 11 is 0. The molecule has 2 aromatic heterocycles. The Morgan fingerprint density at radius 2 is 1.77 bits per heavy atom. The lowest BCUT2D eigenvalue weighted by Gasteiger charge is -2.21. The van der Waals surface area contributed by atoms with Crippen molar-refractivity contribution in [3.05, 3.63) is 82.8 Å². The van der Waals surface area contributed by atoms with Crippen LogP contribution in [-0.2, 0) is 5.60 Å². The van der Waals surface area contributed by atoms with Gasteiger partial charge in [0.15, 0.2) is 5.82 Å². The Kier molecular flexibility index (Phi) is 6.25. The number of nitrogens with two attached hydrogens (primary N) is 1. The Hall–Kier alpha value is -3.91. The van der Waals surface area contributed by atoms with Crippen molar-refractivity contribution in [2.75, 3.05) is 5.32 Å². The molecule has 1 amide bonds. The van der Waals surface area contributed by atoms with Gasteiger partial charge in [-0.05, 0) is 76.1 Å². The zero-order chi connectivity index (χ0) is 25.5. The number of carbonyl (C=O) groups is 1. The minimum absolute atomic E-state index is 0.249. The van der Waals surface area contributed by atoms with E-state index in [-0.39, 0.29) is 5.56 Å². The summed E-state index contributed by atoms with van der Waals surface area (Å²) in [4.78, 5) is 24.9. The molecule has 35 heavy (non-hydrogen) atoms. The Bertz CT molecular complexity index is 1430. The molecule has 180 valence electrons. The van der Waals surface area contributed by atoms with Crippen LogP contribution in [0.15, 0.2) is 48.8 Å². The summed E-state index contributed by atoms with van der Waals surface area (Å²) in [5, 5.41) is 14.4. The van der Waals surface area contributed by atoms with Gasteiger partial charge in [-0.15, -0.1) is 0 Å². The molecule has 4 N–H and O–H groups in total. The number of primary amides is 1. The van der Waals surface area contributed by atoms with Crippen LogP contribution in [0.2, 0.25) is 0 Å². The van der Waals surface area contributed by atoms with Crippen LogP contribution in [0, 0.1) is 19.7 Å². The zero-order valence-electron chi connectivity index (χ0n) is 20.3. The van der Waals surface area contributed by atoms with Gasteiger partial charge in [-0.3, -0.25) is 9.78 Å². The first-order chi connectivity index (χ1) is 16.5. The Morgan fingerprint density at radius 3 is 2.40 bits per heavy atom. The molecule has 0 saturated heterocycles. The van der Waals surface area contributed by atoms with Crippen molar-refractivity contribution in [1.29, 1.82) is 0 Å². The highest BCUT2D eigenvalue weighted by Gasteiger charge is 2.20. The van der Waals surface area contributed by atoms with E-state index in [4.69, 9.17) is 10.7 Å². The number of carbonyl (C=O) groups excluding carboxylic acids is 1. The highest BCUT2D eigenvalue weighted by Crippen LogP contribution is 2.34. The van der Waals surface area contributed by atoms with E-state index in [1.807, 2.05) is 39.0 Å². The molecule has 4 rings (SSSR count). The molecule has 0 saturated carbocycles. The number of hydrogen-bond acceptors (Lipinski definition) is 6. The summed E-state index contributed by atoms with van der Waals surface area (Å²) in [7, 11) is 0. The number of fused-ring (bicyclic) bond motifs is 1. The number of aromatic nitrogens is 3. The van der Waals surface area contributed by atoms with Gasteiger partial charge >= 0.3 is 0 Å². The van der Waals surface area contributed by atoms with Crippen molar-refractivity contribution in [2.45, 2.75) is 46.3 Å². The number of aliphatic hydroxyl groups is 1. The molecule has 1 atom stereocenters.